The number of thiophene rings is 1. The first-order valence-electron chi connectivity index (χ1n) is 10.4. The maximum atomic E-state index is 13.3. The molecule has 0 aliphatic heterocycles. The molecule has 2 bridgehead atoms. The van der Waals surface area contributed by atoms with Crippen LogP contribution in [0.5, 0.6) is 0 Å². The standard InChI is InChI=1S/C22H24N2O3S2/c1-11-10-28-20(23-11)18-14-4-2-3-5-15(14)29-21(18)24-19(25)16-12-6-8-13(9-7-12)17(16)22(26)27/h10,12-13H,2-9H2,1H3,(H,24,25)(H,26,27). The van der Waals surface area contributed by atoms with E-state index in [1.54, 1.807) is 22.7 Å². The molecule has 2 heterocycles. The summed E-state index contributed by atoms with van der Waals surface area (Å²) < 4.78 is 0. The van der Waals surface area contributed by atoms with Gasteiger partial charge in [0.1, 0.15) is 10.0 Å². The predicted octanol–water partition coefficient (Wildman–Crippen LogP) is 5.20. The van der Waals surface area contributed by atoms with Gasteiger partial charge < -0.3 is 10.4 Å². The molecule has 1 saturated carbocycles. The molecule has 6 rings (SSSR count). The SMILES string of the molecule is Cc1csc(-c2c(NC(=O)C3=C(C(=O)O)C4CCC3CC4)sc3c2CCCC3)n1. The summed E-state index contributed by atoms with van der Waals surface area (Å²) in [6, 6.07) is 0. The van der Waals surface area contributed by atoms with E-state index in [9.17, 15) is 14.7 Å². The van der Waals surface area contributed by atoms with E-state index in [-0.39, 0.29) is 17.7 Å². The van der Waals surface area contributed by atoms with Crippen LogP contribution in [-0.2, 0) is 22.4 Å². The van der Waals surface area contributed by atoms with Crippen LogP contribution in [0.3, 0.4) is 0 Å². The van der Waals surface area contributed by atoms with Gasteiger partial charge in [0.2, 0.25) is 0 Å². The van der Waals surface area contributed by atoms with Crippen LogP contribution in [0.25, 0.3) is 10.6 Å². The minimum atomic E-state index is -0.925. The fourth-order valence-corrected chi connectivity index (χ4v) is 7.45. The number of nitrogens with zero attached hydrogens (tertiary/aromatic N) is 1. The molecule has 0 aromatic carbocycles. The van der Waals surface area contributed by atoms with Crippen molar-refractivity contribution in [3.05, 3.63) is 32.7 Å². The summed E-state index contributed by atoms with van der Waals surface area (Å²) in [6.07, 6.45) is 8.01. The van der Waals surface area contributed by atoms with Gasteiger partial charge in [-0.3, -0.25) is 4.79 Å². The largest absolute Gasteiger partial charge is 0.478 e. The minimum absolute atomic E-state index is 0.0240. The molecular formula is C22H24N2O3S2. The van der Waals surface area contributed by atoms with Crippen molar-refractivity contribution < 1.29 is 14.7 Å². The highest BCUT2D eigenvalue weighted by atomic mass is 32.1. The quantitative estimate of drug-likeness (QED) is 0.702. The third-order valence-electron chi connectivity index (χ3n) is 6.54. The van der Waals surface area contributed by atoms with Crippen LogP contribution < -0.4 is 5.32 Å². The van der Waals surface area contributed by atoms with Crippen molar-refractivity contribution in [3.8, 4) is 10.6 Å². The fourth-order valence-electron chi connectivity index (χ4n) is 5.23. The van der Waals surface area contributed by atoms with Crippen LogP contribution >= 0.6 is 22.7 Å². The molecule has 1 amide bonds. The maximum absolute atomic E-state index is 13.3. The van der Waals surface area contributed by atoms with Crippen LogP contribution in [0.4, 0.5) is 5.00 Å². The molecule has 2 aromatic rings. The summed E-state index contributed by atoms with van der Waals surface area (Å²) in [4.78, 5) is 31.3. The lowest BCUT2D eigenvalue weighted by molar-refractivity contribution is -0.134. The lowest BCUT2D eigenvalue weighted by atomic mass is 9.66. The summed E-state index contributed by atoms with van der Waals surface area (Å²) in [5.41, 5.74) is 4.25. The van der Waals surface area contributed by atoms with Crippen molar-refractivity contribution in [3.63, 3.8) is 0 Å². The van der Waals surface area contributed by atoms with Crippen molar-refractivity contribution in [2.45, 2.75) is 58.3 Å². The number of aromatic nitrogens is 1. The molecule has 0 saturated heterocycles. The molecule has 2 N–H and O–H groups in total. The summed E-state index contributed by atoms with van der Waals surface area (Å²) in [5.74, 6) is -1.04. The third kappa shape index (κ3) is 3.24. The van der Waals surface area contributed by atoms with Crippen LogP contribution in [0.2, 0.25) is 0 Å². The Labute approximate surface area is 177 Å². The Balaban J connectivity index is 1.55. The first-order valence-corrected chi connectivity index (χ1v) is 12.1. The Bertz CT molecular complexity index is 1030. The molecular weight excluding hydrogens is 404 g/mol. The molecule has 2 aromatic heterocycles. The first-order chi connectivity index (χ1) is 14.0. The van der Waals surface area contributed by atoms with Gasteiger partial charge in [-0.15, -0.1) is 22.7 Å². The first kappa shape index (κ1) is 19.0. The van der Waals surface area contributed by atoms with Gasteiger partial charge in [-0.05, 0) is 75.7 Å². The Morgan fingerprint density at radius 2 is 1.79 bits per heavy atom. The second-order valence-corrected chi connectivity index (χ2v) is 10.3. The van der Waals surface area contributed by atoms with Crippen LogP contribution in [0.1, 0.15) is 54.7 Å². The molecule has 1 fully saturated rings. The Morgan fingerprint density at radius 3 is 2.45 bits per heavy atom. The van der Waals surface area contributed by atoms with Gasteiger partial charge in [0.15, 0.2) is 0 Å². The van der Waals surface area contributed by atoms with E-state index in [0.29, 0.717) is 11.1 Å². The van der Waals surface area contributed by atoms with E-state index in [2.05, 4.69) is 5.32 Å². The van der Waals surface area contributed by atoms with E-state index >= 15 is 0 Å². The van der Waals surface area contributed by atoms with Crippen LogP contribution in [0, 0.1) is 18.8 Å². The van der Waals surface area contributed by atoms with Crippen molar-refractivity contribution in [2.24, 2.45) is 11.8 Å². The number of hydrogen-bond acceptors (Lipinski definition) is 5. The summed E-state index contributed by atoms with van der Waals surface area (Å²) in [7, 11) is 0. The van der Waals surface area contributed by atoms with Crippen LogP contribution in [0.15, 0.2) is 16.5 Å². The van der Waals surface area contributed by atoms with Gasteiger partial charge in [0, 0.05) is 32.7 Å². The Morgan fingerprint density at radius 1 is 1.10 bits per heavy atom. The molecule has 0 radical (unpaired) electrons. The molecule has 0 atom stereocenters. The number of fused-ring (bicyclic) bond motifs is 3. The van der Waals surface area contributed by atoms with Gasteiger partial charge in [-0.1, -0.05) is 0 Å². The van der Waals surface area contributed by atoms with Gasteiger partial charge in [-0.25, -0.2) is 9.78 Å². The molecule has 152 valence electrons. The van der Waals surface area contributed by atoms with Crippen molar-refractivity contribution in [1.82, 2.24) is 4.98 Å². The van der Waals surface area contributed by atoms with E-state index in [0.717, 1.165) is 66.2 Å². The van der Waals surface area contributed by atoms with Gasteiger partial charge >= 0.3 is 5.97 Å². The van der Waals surface area contributed by atoms with Gasteiger partial charge in [-0.2, -0.15) is 0 Å². The predicted molar refractivity (Wildman–Crippen MR) is 116 cm³/mol. The average molecular weight is 429 g/mol. The molecule has 0 spiro atoms. The van der Waals surface area contributed by atoms with Gasteiger partial charge in [0.25, 0.3) is 5.91 Å². The molecule has 4 aliphatic carbocycles. The van der Waals surface area contributed by atoms with Crippen molar-refractivity contribution in [2.75, 3.05) is 5.32 Å². The summed E-state index contributed by atoms with van der Waals surface area (Å²) in [6.45, 7) is 1.99. The second-order valence-electron chi connectivity index (χ2n) is 8.34. The summed E-state index contributed by atoms with van der Waals surface area (Å²) >= 11 is 3.27. The molecule has 4 aliphatic rings. The molecule has 7 heteroatoms. The van der Waals surface area contributed by atoms with Crippen molar-refractivity contribution >= 4 is 39.6 Å². The number of aliphatic carboxylic acids is 1. The highest BCUT2D eigenvalue weighted by Gasteiger charge is 2.41. The van der Waals surface area contributed by atoms with Crippen LogP contribution in [-0.4, -0.2) is 22.0 Å². The lowest BCUT2D eigenvalue weighted by Gasteiger charge is -2.37. The Kier molecular flexibility index (Phi) is 4.82. The van der Waals surface area contributed by atoms with E-state index in [4.69, 9.17) is 4.98 Å². The topological polar surface area (TPSA) is 79.3 Å². The van der Waals surface area contributed by atoms with Gasteiger partial charge in [0.05, 0.1) is 0 Å². The number of carbonyl (C=O) groups excluding carboxylic acids is 1. The zero-order valence-electron chi connectivity index (χ0n) is 16.4. The fraction of sp³-hybridized carbons (Fsp3) is 0.500. The maximum Gasteiger partial charge on any atom is 0.332 e. The smallest absolute Gasteiger partial charge is 0.332 e. The normalized spacial score (nSPS) is 23.2. The van der Waals surface area contributed by atoms with E-state index in [1.165, 1.54) is 16.9 Å². The highest BCUT2D eigenvalue weighted by molar-refractivity contribution is 7.18. The summed E-state index contributed by atoms with van der Waals surface area (Å²) in [5, 5.41) is 16.7. The lowest BCUT2D eigenvalue weighted by Crippen LogP contribution is -2.35. The highest BCUT2D eigenvalue weighted by Crippen LogP contribution is 2.48. The minimum Gasteiger partial charge on any atom is -0.478 e. The molecule has 0 unspecified atom stereocenters. The third-order valence-corrected chi connectivity index (χ3v) is 8.72. The Hall–Kier alpha value is -1.99. The zero-order chi connectivity index (χ0) is 20.1. The number of rotatable bonds is 4. The number of carboxylic acids is 1. The number of nitrogens with one attached hydrogen (secondary N) is 1. The number of anilines is 1. The number of aryl methyl sites for hydroxylation is 2. The van der Waals surface area contributed by atoms with E-state index in [1.807, 2.05) is 12.3 Å². The second kappa shape index (κ2) is 7.36. The zero-order valence-corrected chi connectivity index (χ0v) is 18.0. The average Bonchev–Trinajstić information content (AvgIpc) is 3.30. The molecule has 29 heavy (non-hydrogen) atoms. The van der Waals surface area contributed by atoms with Crippen molar-refractivity contribution in [1.29, 1.82) is 0 Å². The number of carbonyl (C=O) groups is 2. The number of hydrogen-bond donors (Lipinski definition) is 2. The number of carboxylic acid groups (broad SMARTS) is 1. The number of thiazole rings is 1. The monoisotopic (exact) mass is 428 g/mol. The van der Waals surface area contributed by atoms with E-state index < -0.39 is 5.97 Å². The molecule has 5 nitrogen and oxygen atoms in total. The number of amides is 1.